The highest BCUT2D eigenvalue weighted by atomic mass is 16.1. The zero-order valence-electron chi connectivity index (χ0n) is 10.2. The maximum Gasteiger partial charge on any atom is 0.150 e. The molecule has 0 saturated carbocycles. The molecule has 2 atom stereocenters. The van der Waals surface area contributed by atoms with Crippen LogP contribution >= 0.6 is 0 Å². The lowest BCUT2D eigenvalue weighted by Crippen LogP contribution is -2.17. The molecule has 0 aliphatic carbocycles. The number of carbonyl (C=O) groups is 1. The summed E-state index contributed by atoms with van der Waals surface area (Å²) in [5, 5.41) is 0. The van der Waals surface area contributed by atoms with E-state index >= 15 is 0 Å². The minimum atomic E-state index is 0.117. The second kappa shape index (κ2) is 3.61. The summed E-state index contributed by atoms with van der Waals surface area (Å²) in [6.07, 6.45) is 6.12. The van der Waals surface area contributed by atoms with Crippen LogP contribution in [0.5, 0.6) is 0 Å². The van der Waals surface area contributed by atoms with Crippen LogP contribution in [0, 0.1) is 0 Å². The first-order chi connectivity index (χ1) is 8.84. The Labute approximate surface area is 106 Å². The number of aryl methyl sites for hydroxylation is 2. The average molecular weight is 240 g/mol. The number of fused-ring (bicyclic) bond motifs is 2. The van der Waals surface area contributed by atoms with Gasteiger partial charge >= 0.3 is 0 Å². The summed E-state index contributed by atoms with van der Waals surface area (Å²) in [5.74, 6) is 0.655. The SMILES string of the molecule is O=C(C1CCn2cccc21)C1CCn2cccc21. The first-order valence-electron chi connectivity index (χ1n) is 6.68. The maximum atomic E-state index is 12.7. The molecule has 2 aromatic rings. The Morgan fingerprint density at radius 2 is 1.44 bits per heavy atom. The summed E-state index contributed by atoms with van der Waals surface area (Å²) in [7, 11) is 0. The summed E-state index contributed by atoms with van der Waals surface area (Å²) in [6, 6.07) is 8.30. The van der Waals surface area contributed by atoms with Gasteiger partial charge in [0, 0.05) is 36.9 Å². The second-order valence-electron chi connectivity index (χ2n) is 5.34. The van der Waals surface area contributed by atoms with Gasteiger partial charge in [-0.1, -0.05) is 0 Å². The Kier molecular flexibility index (Phi) is 2.04. The van der Waals surface area contributed by atoms with Crippen molar-refractivity contribution in [1.82, 2.24) is 9.13 Å². The van der Waals surface area contributed by atoms with Crippen LogP contribution in [0.1, 0.15) is 36.1 Å². The van der Waals surface area contributed by atoms with Crippen LogP contribution in [0.2, 0.25) is 0 Å². The molecule has 4 rings (SSSR count). The smallest absolute Gasteiger partial charge is 0.150 e. The third-order valence-electron chi connectivity index (χ3n) is 4.45. The van der Waals surface area contributed by atoms with Gasteiger partial charge in [0.2, 0.25) is 0 Å². The lowest BCUT2D eigenvalue weighted by atomic mass is 9.87. The molecule has 0 radical (unpaired) electrons. The number of carbonyl (C=O) groups excluding carboxylic acids is 1. The zero-order chi connectivity index (χ0) is 12.1. The van der Waals surface area contributed by atoms with Gasteiger partial charge in [-0.2, -0.15) is 0 Å². The molecule has 0 amide bonds. The Morgan fingerprint density at radius 3 is 1.94 bits per heavy atom. The molecule has 3 heteroatoms. The fourth-order valence-corrected chi connectivity index (χ4v) is 3.55. The number of hydrogen-bond donors (Lipinski definition) is 0. The molecule has 2 aliphatic rings. The third-order valence-corrected chi connectivity index (χ3v) is 4.45. The summed E-state index contributed by atoms with van der Waals surface area (Å²) >= 11 is 0. The number of hydrogen-bond acceptors (Lipinski definition) is 1. The maximum absolute atomic E-state index is 12.7. The molecule has 0 bridgehead atoms. The van der Waals surface area contributed by atoms with Crippen LogP contribution in [0.25, 0.3) is 0 Å². The minimum absolute atomic E-state index is 0.117. The molecule has 0 N–H and O–H groups in total. The molecule has 0 saturated heterocycles. The van der Waals surface area contributed by atoms with Gasteiger partial charge in [0.25, 0.3) is 0 Å². The molecule has 18 heavy (non-hydrogen) atoms. The van der Waals surface area contributed by atoms with E-state index in [9.17, 15) is 4.79 Å². The summed E-state index contributed by atoms with van der Waals surface area (Å²) in [5.41, 5.74) is 2.43. The van der Waals surface area contributed by atoms with Crippen molar-refractivity contribution >= 4 is 5.78 Å². The van der Waals surface area contributed by atoms with Crippen LogP contribution in [-0.4, -0.2) is 14.9 Å². The van der Waals surface area contributed by atoms with Gasteiger partial charge in [0.15, 0.2) is 5.78 Å². The number of Topliss-reactive ketones (excluding diaryl/α,β-unsaturated/α-hetero) is 1. The van der Waals surface area contributed by atoms with Gasteiger partial charge in [-0.3, -0.25) is 4.79 Å². The predicted octanol–water partition coefficient (Wildman–Crippen LogP) is 2.53. The van der Waals surface area contributed by atoms with Crippen molar-refractivity contribution < 1.29 is 4.79 Å². The number of rotatable bonds is 2. The number of ketones is 1. The van der Waals surface area contributed by atoms with Crippen LogP contribution in [0.15, 0.2) is 36.7 Å². The molecule has 3 nitrogen and oxygen atoms in total. The highest BCUT2D eigenvalue weighted by Crippen LogP contribution is 2.38. The summed E-state index contributed by atoms with van der Waals surface area (Å²) in [4.78, 5) is 12.7. The van der Waals surface area contributed by atoms with E-state index in [0.717, 1.165) is 25.9 Å². The van der Waals surface area contributed by atoms with Crippen LogP contribution in [0.4, 0.5) is 0 Å². The zero-order valence-corrected chi connectivity index (χ0v) is 10.2. The molecule has 2 aromatic heterocycles. The highest BCUT2D eigenvalue weighted by molar-refractivity contribution is 5.91. The van der Waals surface area contributed by atoms with Crippen molar-refractivity contribution in [3.05, 3.63) is 48.0 Å². The monoisotopic (exact) mass is 240 g/mol. The first kappa shape index (κ1) is 10.2. The molecule has 4 heterocycles. The van der Waals surface area contributed by atoms with E-state index in [1.165, 1.54) is 11.4 Å². The van der Waals surface area contributed by atoms with Crippen molar-refractivity contribution in [2.75, 3.05) is 0 Å². The van der Waals surface area contributed by atoms with Crippen molar-refractivity contribution in [3.8, 4) is 0 Å². The fourth-order valence-electron chi connectivity index (χ4n) is 3.55. The van der Waals surface area contributed by atoms with Crippen LogP contribution < -0.4 is 0 Å². The number of nitrogens with zero attached hydrogens (tertiary/aromatic N) is 2. The normalized spacial score (nSPS) is 25.1. The lowest BCUT2D eigenvalue weighted by molar-refractivity contribution is -0.121. The molecule has 0 aromatic carbocycles. The third kappa shape index (κ3) is 1.27. The Bertz CT molecular complexity index is 555. The Morgan fingerprint density at radius 1 is 0.944 bits per heavy atom. The van der Waals surface area contributed by atoms with Gasteiger partial charge in [-0.15, -0.1) is 0 Å². The fraction of sp³-hybridized carbons (Fsp3) is 0.400. The van der Waals surface area contributed by atoms with Crippen LogP contribution in [0.3, 0.4) is 0 Å². The molecular weight excluding hydrogens is 224 g/mol. The first-order valence-corrected chi connectivity index (χ1v) is 6.68. The van der Waals surface area contributed by atoms with E-state index in [4.69, 9.17) is 0 Å². The molecule has 0 fully saturated rings. The van der Waals surface area contributed by atoms with Gasteiger partial charge in [-0.05, 0) is 37.1 Å². The second-order valence-corrected chi connectivity index (χ2v) is 5.34. The average Bonchev–Trinajstić information content (AvgIpc) is 3.08. The van der Waals surface area contributed by atoms with Crippen molar-refractivity contribution in [1.29, 1.82) is 0 Å². The van der Waals surface area contributed by atoms with Gasteiger partial charge in [0.1, 0.15) is 0 Å². The minimum Gasteiger partial charge on any atom is -0.351 e. The topological polar surface area (TPSA) is 26.9 Å². The Hall–Kier alpha value is -1.77. The van der Waals surface area contributed by atoms with E-state index < -0.39 is 0 Å². The molecule has 2 unspecified atom stereocenters. The molecular formula is C15H16N2O. The summed E-state index contributed by atoms with van der Waals surface area (Å²) in [6.45, 7) is 1.99. The van der Waals surface area contributed by atoms with Gasteiger partial charge in [0.05, 0.1) is 11.8 Å². The largest absolute Gasteiger partial charge is 0.351 e. The molecule has 92 valence electrons. The molecule has 2 aliphatic heterocycles. The summed E-state index contributed by atoms with van der Waals surface area (Å²) < 4.78 is 4.44. The van der Waals surface area contributed by atoms with E-state index in [-0.39, 0.29) is 11.8 Å². The van der Waals surface area contributed by atoms with Crippen LogP contribution in [-0.2, 0) is 17.9 Å². The Balaban J connectivity index is 1.66. The highest BCUT2D eigenvalue weighted by Gasteiger charge is 2.36. The van der Waals surface area contributed by atoms with E-state index in [1.54, 1.807) is 0 Å². The van der Waals surface area contributed by atoms with Gasteiger partial charge < -0.3 is 9.13 Å². The van der Waals surface area contributed by atoms with Crippen molar-refractivity contribution in [2.45, 2.75) is 37.8 Å². The van der Waals surface area contributed by atoms with E-state index in [2.05, 4.69) is 33.7 Å². The van der Waals surface area contributed by atoms with E-state index in [1.807, 2.05) is 12.1 Å². The van der Waals surface area contributed by atoms with Gasteiger partial charge in [-0.25, -0.2) is 0 Å². The van der Waals surface area contributed by atoms with E-state index in [0.29, 0.717) is 5.78 Å². The predicted molar refractivity (Wildman–Crippen MR) is 68.6 cm³/mol. The van der Waals surface area contributed by atoms with Crippen molar-refractivity contribution in [2.24, 2.45) is 0 Å². The molecule has 0 spiro atoms. The number of aromatic nitrogens is 2. The standard InChI is InChI=1S/C15H16N2O/c18-15(11-5-9-16-7-1-3-13(11)16)12-6-10-17-8-2-4-14(12)17/h1-4,7-8,11-12H,5-6,9-10H2. The lowest BCUT2D eigenvalue weighted by Gasteiger charge is -2.14. The quantitative estimate of drug-likeness (QED) is 0.792. The van der Waals surface area contributed by atoms with Crippen molar-refractivity contribution in [3.63, 3.8) is 0 Å².